The fourth-order valence-electron chi connectivity index (χ4n) is 2.65. The fourth-order valence-corrected chi connectivity index (χ4v) is 3.92. The molecule has 7 heteroatoms. The van der Waals surface area contributed by atoms with Gasteiger partial charge in [0.25, 0.3) is 6.01 Å². The number of nitrogens with one attached hydrogen (secondary N) is 1. The zero-order valence-corrected chi connectivity index (χ0v) is 11.5. The van der Waals surface area contributed by atoms with Gasteiger partial charge in [0.15, 0.2) is 0 Å². The van der Waals surface area contributed by atoms with Gasteiger partial charge in [0.05, 0.1) is 11.6 Å². The van der Waals surface area contributed by atoms with Gasteiger partial charge < -0.3 is 10.2 Å². The molecule has 3 aromatic heterocycles. The predicted molar refractivity (Wildman–Crippen MR) is 78.3 cm³/mol. The summed E-state index contributed by atoms with van der Waals surface area (Å²) in [5, 5.41) is 4.17. The van der Waals surface area contributed by atoms with Crippen LogP contribution >= 0.6 is 11.3 Å². The minimum absolute atomic E-state index is 0.269. The highest BCUT2D eigenvalue weighted by atomic mass is 32.1. The largest absolute Gasteiger partial charge is 0.432 e. The standard InChI is InChI=1S/C13H13N5OS/c14-12-16-10(17-13-15-5-6-19-13)9-7-3-1-2-4-8(7)20-11(9)18-12/h5-6H,1-4H2,(H3,14,15,16,17,18). The second-order valence-corrected chi connectivity index (χ2v) is 5.87. The van der Waals surface area contributed by atoms with Crippen molar-refractivity contribution in [2.24, 2.45) is 0 Å². The number of nitrogens with two attached hydrogens (primary N) is 1. The number of hydrogen-bond donors (Lipinski definition) is 2. The number of nitrogen functional groups attached to an aromatic ring is 1. The van der Waals surface area contributed by atoms with Crippen LogP contribution in [0.5, 0.6) is 0 Å². The lowest BCUT2D eigenvalue weighted by atomic mass is 9.97. The molecule has 0 radical (unpaired) electrons. The summed E-state index contributed by atoms with van der Waals surface area (Å²) in [4.78, 5) is 15.1. The second-order valence-electron chi connectivity index (χ2n) is 4.78. The molecular weight excluding hydrogens is 274 g/mol. The Labute approximate surface area is 119 Å². The summed E-state index contributed by atoms with van der Waals surface area (Å²) in [5.41, 5.74) is 7.16. The summed E-state index contributed by atoms with van der Waals surface area (Å²) >= 11 is 1.72. The number of anilines is 3. The smallest absolute Gasteiger partial charge is 0.300 e. The third-order valence-corrected chi connectivity index (χ3v) is 4.68. The molecule has 0 atom stereocenters. The number of aromatic nitrogens is 3. The SMILES string of the molecule is Nc1nc(Nc2ncco2)c2c3c(sc2n1)CCCC3. The third-order valence-electron chi connectivity index (χ3n) is 3.49. The molecule has 20 heavy (non-hydrogen) atoms. The molecular formula is C13H13N5OS. The van der Waals surface area contributed by atoms with Crippen molar-refractivity contribution in [3.8, 4) is 0 Å². The summed E-state index contributed by atoms with van der Waals surface area (Å²) in [5.74, 6) is 0.958. The molecule has 1 aliphatic rings. The van der Waals surface area contributed by atoms with Crippen molar-refractivity contribution >= 4 is 39.3 Å². The van der Waals surface area contributed by atoms with Crippen LogP contribution in [-0.4, -0.2) is 15.0 Å². The van der Waals surface area contributed by atoms with Crippen molar-refractivity contribution in [3.05, 3.63) is 22.9 Å². The number of rotatable bonds is 2. The maximum Gasteiger partial charge on any atom is 0.300 e. The van der Waals surface area contributed by atoms with E-state index in [1.54, 1.807) is 17.5 Å². The number of nitrogens with zero attached hydrogens (tertiary/aromatic N) is 3. The van der Waals surface area contributed by atoms with Gasteiger partial charge in [-0.1, -0.05) is 0 Å². The van der Waals surface area contributed by atoms with Crippen LogP contribution < -0.4 is 11.1 Å². The average molecular weight is 287 g/mol. The fraction of sp³-hybridized carbons (Fsp3) is 0.308. The van der Waals surface area contributed by atoms with Gasteiger partial charge in [0, 0.05) is 4.88 Å². The first-order valence-corrected chi connectivity index (χ1v) is 7.37. The highest BCUT2D eigenvalue weighted by Crippen LogP contribution is 2.39. The van der Waals surface area contributed by atoms with E-state index in [1.807, 2.05) is 0 Å². The van der Waals surface area contributed by atoms with Gasteiger partial charge in [-0.2, -0.15) is 4.98 Å². The van der Waals surface area contributed by atoms with E-state index in [-0.39, 0.29) is 5.95 Å². The van der Waals surface area contributed by atoms with Crippen molar-refractivity contribution in [2.45, 2.75) is 25.7 Å². The van der Waals surface area contributed by atoms with Gasteiger partial charge in [-0.25, -0.2) is 9.97 Å². The number of oxazole rings is 1. The number of hydrogen-bond acceptors (Lipinski definition) is 7. The summed E-state index contributed by atoms with van der Waals surface area (Å²) in [6, 6.07) is 0.417. The van der Waals surface area contributed by atoms with E-state index in [9.17, 15) is 0 Å². The quantitative estimate of drug-likeness (QED) is 0.753. The molecule has 3 heterocycles. The Balaban J connectivity index is 1.91. The molecule has 0 saturated carbocycles. The molecule has 4 rings (SSSR count). The molecule has 6 nitrogen and oxygen atoms in total. The Kier molecular flexibility index (Phi) is 2.59. The summed E-state index contributed by atoms with van der Waals surface area (Å²) in [7, 11) is 0. The van der Waals surface area contributed by atoms with Crippen LogP contribution in [0.15, 0.2) is 16.9 Å². The Morgan fingerprint density at radius 2 is 2.15 bits per heavy atom. The van der Waals surface area contributed by atoms with Crippen molar-refractivity contribution in [2.75, 3.05) is 11.1 Å². The topological polar surface area (TPSA) is 89.9 Å². The van der Waals surface area contributed by atoms with Gasteiger partial charge in [0.1, 0.15) is 16.9 Å². The summed E-state index contributed by atoms with van der Waals surface area (Å²) in [6.45, 7) is 0. The van der Waals surface area contributed by atoms with E-state index >= 15 is 0 Å². The molecule has 0 spiro atoms. The first-order chi connectivity index (χ1) is 9.81. The molecule has 102 valence electrons. The molecule has 0 fully saturated rings. The number of aryl methyl sites for hydroxylation is 2. The molecule has 3 N–H and O–H groups in total. The van der Waals surface area contributed by atoms with E-state index in [2.05, 4.69) is 20.3 Å². The number of thiophene rings is 1. The molecule has 1 aliphatic carbocycles. The molecule has 0 amide bonds. The molecule has 0 bridgehead atoms. The molecule has 3 aromatic rings. The lowest BCUT2D eigenvalue weighted by Gasteiger charge is -2.11. The maximum absolute atomic E-state index is 5.80. The molecule has 0 saturated heterocycles. The van der Waals surface area contributed by atoms with Crippen molar-refractivity contribution < 1.29 is 4.42 Å². The second kappa shape index (κ2) is 4.45. The van der Waals surface area contributed by atoms with Crippen LogP contribution in [0.25, 0.3) is 10.2 Å². The zero-order chi connectivity index (χ0) is 13.5. The van der Waals surface area contributed by atoms with Gasteiger partial charge in [0.2, 0.25) is 5.95 Å². The normalized spacial score (nSPS) is 14.4. The van der Waals surface area contributed by atoms with Crippen LogP contribution in [0.4, 0.5) is 17.8 Å². The number of fused-ring (bicyclic) bond motifs is 3. The van der Waals surface area contributed by atoms with E-state index in [0.29, 0.717) is 11.8 Å². The van der Waals surface area contributed by atoms with Gasteiger partial charge in [-0.3, -0.25) is 5.32 Å². The van der Waals surface area contributed by atoms with Crippen molar-refractivity contribution in [1.82, 2.24) is 15.0 Å². The highest BCUT2D eigenvalue weighted by Gasteiger charge is 2.21. The van der Waals surface area contributed by atoms with Crippen LogP contribution in [-0.2, 0) is 12.8 Å². The Bertz CT molecular complexity index is 765. The van der Waals surface area contributed by atoms with Gasteiger partial charge >= 0.3 is 0 Å². The van der Waals surface area contributed by atoms with E-state index in [1.165, 1.54) is 29.5 Å². The van der Waals surface area contributed by atoms with E-state index < -0.39 is 0 Å². The van der Waals surface area contributed by atoms with Crippen molar-refractivity contribution in [3.63, 3.8) is 0 Å². The summed E-state index contributed by atoms with van der Waals surface area (Å²) < 4.78 is 5.23. The van der Waals surface area contributed by atoms with Gasteiger partial charge in [-0.05, 0) is 31.2 Å². The van der Waals surface area contributed by atoms with Crippen LogP contribution in [0.1, 0.15) is 23.3 Å². The maximum atomic E-state index is 5.80. The van der Waals surface area contributed by atoms with Crippen molar-refractivity contribution in [1.29, 1.82) is 0 Å². The van der Waals surface area contributed by atoms with E-state index in [4.69, 9.17) is 10.2 Å². The molecule has 0 aliphatic heterocycles. The van der Waals surface area contributed by atoms with Crippen LogP contribution in [0, 0.1) is 0 Å². The third kappa shape index (κ3) is 1.82. The van der Waals surface area contributed by atoms with Gasteiger partial charge in [-0.15, -0.1) is 11.3 Å². The van der Waals surface area contributed by atoms with Crippen LogP contribution in [0.2, 0.25) is 0 Å². The molecule has 0 aromatic carbocycles. The Hall–Kier alpha value is -2.15. The Morgan fingerprint density at radius 1 is 1.25 bits per heavy atom. The first kappa shape index (κ1) is 11.7. The lowest BCUT2D eigenvalue weighted by molar-refractivity contribution is 0.577. The minimum atomic E-state index is 0.269. The Morgan fingerprint density at radius 3 is 3.00 bits per heavy atom. The summed E-state index contributed by atoms with van der Waals surface area (Å²) in [6.07, 6.45) is 7.75. The highest BCUT2D eigenvalue weighted by molar-refractivity contribution is 7.19. The first-order valence-electron chi connectivity index (χ1n) is 6.55. The average Bonchev–Trinajstić information content (AvgIpc) is 3.04. The molecule has 0 unspecified atom stereocenters. The zero-order valence-electron chi connectivity index (χ0n) is 10.7. The van der Waals surface area contributed by atoms with E-state index in [0.717, 1.165) is 23.1 Å². The predicted octanol–water partition coefficient (Wildman–Crippen LogP) is 2.88. The monoisotopic (exact) mass is 287 g/mol. The van der Waals surface area contributed by atoms with Crippen LogP contribution in [0.3, 0.4) is 0 Å². The minimum Gasteiger partial charge on any atom is -0.432 e. The lowest BCUT2D eigenvalue weighted by Crippen LogP contribution is -2.03.